The van der Waals surface area contributed by atoms with E-state index in [-0.39, 0.29) is 6.03 Å². The van der Waals surface area contributed by atoms with Crippen LogP contribution in [0.2, 0.25) is 0 Å². The summed E-state index contributed by atoms with van der Waals surface area (Å²) in [4.78, 5) is 27.4. The van der Waals surface area contributed by atoms with Crippen molar-refractivity contribution in [3.05, 3.63) is 0 Å². The van der Waals surface area contributed by atoms with E-state index in [4.69, 9.17) is 5.73 Å². The molecular formula is C13H23N3O3. The summed E-state index contributed by atoms with van der Waals surface area (Å²) >= 11 is 0. The van der Waals surface area contributed by atoms with E-state index >= 15 is 0 Å². The van der Waals surface area contributed by atoms with Gasteiger partial charge in [0.25, 0.3) is 0 Å². The van der Waals surface area contributed by atoms with E-state index in [1.165, 1.54) is 0 Å². The third kappa shape index (κ3) is 2.29. The molecule has 3 N–H and O–H groups in total. The molecule has 2 rings (SSSR count). The molecule has 0 radical (unpaired) electrons. The molecule has 0 saturated carbocycles. The molecule has 19 heavy (non-hydrogen) atoms. The Labute approximate surface area is 113 Å². The van der Waals surface area contributed by atoms with Crippen LogP contribution in [0.4, 0.5) is 4.79 Å². The van der Waals surface area contributed by atoms with Crippen LogP contribution in [0.25, 0.3) is 0 Å². The number of carboxylic acid groups (broad SMARTS) is 1. The first-order chi connectivity index (χ1) is 9.05. The molecular weight excluding hydrogens is 246 g/mol. The number of hydrogen-bond donors (Lipinski definition) is 2. The SMILES string of the molecule is CCC1(C(=O)O)CCCN1C(=O)N1CCC(CN)C1. The van der Waals surface area contributed by atoms with Gasteiger partial charge in [-0.1, -0.05) is 6.92 Å². The van der Waals surface area contributed by atoms with Crippen molar-refractivity contribution < 1.29 is 14.7 Å². The Morgan fingerprint density at radius 2 is 2.16 bits per heavy atom. The van der Waals surface area contributed by atoms with E-state index < -0.39 is 11.5 Å². The zero-order valence-corrected chi connectivity index (χ0v) is 11.5. The average molecular weight is 269 g/mol. The van der Waals surface area contributed by atoms with Crippen molar-refractivity contribution in [2.24, 2.45) is 11.7 Å². The van der Waals surface area contributed by atoms with Crippen molar-refractivity contribution in [2.75, 3.05) is 26.2 Å². The first kappa shape index (κ1) is 14.1. The molecule has 0 aromatic heterocycles. The zero-order chi connectivity index (χ0) is 14.0. The second-order valence-corrected chi connectivity index (χ2v) is 5.56. The van der Waals surface area contributed by atoms with Crippen LogP contribution in [-0.2, 0) is 4.79 Å². The molecule has 2 atom stereocenters. The predicted octanol–water partition coefficient (Wildman–Crippen LogP) is 0.716. The Hall–Kier alpha value is -1.30. The lowest BCUT2D eigenvalue weighted by atomic mass is 9.93. The Morgan fingerprint density at radius 1 is 1.42 bits per heavy atom. The Balaban J connectivity index is 2.12. The maximum absolute atomic E-state index is 12.5. The second kappa shape index (κ2) is 5.36. The fraction of sp³-hybridized carbons (Fsp3) is 0.846. The third-order valence-corrected chi connectivity index (χ3v) is 4.59. The van der Waals surface area contributed by atoms with E-state index in [1.807, 2.05) is 6.92 Å². The van der Waals surface area contributed by atoms with Crippen LogP contribution in [-0.4, -0.2) is 58.6 Å². The summed E-state index contributed by atoms with van der Waals surface area (Å²) in [5.41, 5.74) is 4.63. The first-order valence-corrected chi connectivity index (χ1v) is 7.05. The Morgan fingerprint density at radius 3 is 2.68 bits per heavy atom. The fourth-order valence-corrected chi connectivity index (χ4v) is 3.27. The van der Waals surface area contributed by atoms with E-state index in [2.05, 4.69) is 0 Å². The molecule has 2 heterocycles. The van der Waals surface area contributed by atoms with Crippen LogP contribution in [0.15, 0.2) is 0 Å². The van der Waals surface area contributed by atoms with Gasteiger partial charge in [0, 0.05) is 19.6 Å². The highest BCUT2D eigenvalue weighted by molar-refractivity contribution is 5.87. The van der Waals surface area contributed by atoms with E-state index in [0.717, 1.165) is 12.8 Å². The van der Waals surface area contributed by atoms with Crippen molar-refractivity contribution in [1.82, 2.24) is 9.80 Å². The Kier molecular flexibility index (Phi) is 3.99. The van der Waals surface area contributed by atoms with E-state index in [1.54, 1.807) is 9.80 Å². The van der Waals surface area contributed by atoms with E-state index in [9.17, 15) is 14.7 Å². The molecule has 6 heteroatoms. The fourth-order valence-electron chi connectivity index (χ4n) is 3.27. The van der Waals surface area contributed by atoms with Crippen LogP contribution >= 0.6 is 0 Å². The van der Waals surface area contributed by atoms with Gasteiger partial charge in [-0.15, -0.1) is 0 Å². The van der Waals surface area contributed by atoms with Crippen LogP contribution in [0, 0.1) is 5.92 Å². The van der Waals surface area contributed by atoms with Crippen LogP contribution in [0.5, 0.6) is 0 Å². The Bertz CT molecular complexity index is 374. The van der Waals surface area contributed by atoms with Crippen LogP contribution in [0.1, 0.15) is 32.6 Å². The van der Waals surface area contributed by atoms with Gasteiger partial charge in [0.15, 0.2) is 0 Å². The lowest BCUT2D eigenvalue weighted by molar-refractivity contribution is -0.148. The van der Waals surface area contributed by atoms with Crippen LogP contribution in [0.3, 0.4) is 0 Å². The van der Waals surface area contributed by atoms with Crippen molar-refractivity contribution >= 4 is 12.0 Å². The number of rotatable bonds is 3. The van der Waals surface area contributed by atoms with Crippen LogP contribution < -0.4 is 5.73 Å². The van der Waals surface area contributed by atoms with Gasteiger partial charge in [-0.3, -0.25) is 0 Å². The molecule has 2 fully saturated rings. The minimum atomic E-state index is -1.00. The molecule has 108 valence electrons. The number of nitrogens with two attached hydrogens (primary N) is 1. The minimum Gasteiger partial charge on any atom is -0.479 e. The van der Waals surface area contributed by atoms with Gasteiger partial charge in [0.1, 0.15) is 5.54 Å². The van der Waals surface area contributed by atoms with Gasteiger partial charge in [0.2, 0.25) is 0 Å². The lowest BCUT2D eigenvalue weighted by Gasteiger charge is -2.36. The molecule has 2 aliphatic heterocycles. The number of urea groups is 1. The number of likely N-dealkylation sites (tertiary alicyclic amines) is 2. The minimum absolute atomic E-state index is 0.127. The number of amides is 2. The average Bonchev–Trinajstić information content (AvgIpc) is 3.04. The molecule has 0 aromatic rings. The molecule has 0 aromatic carbocycles. The van der Waals surface area contributed by atoms with Gasteiger partial charge in [0.05, 0.1) is 0 Å². The molecule has 2 saturated heterocycles. The molecule has 2 aliphatic rings. The lowest BCUT2D eigenvalue weighted by Crippen LogP contribution is -2.56. The quantitative estimate of drug-likeness (QED) is 0.790. The maximum Gasteiger partial charge on any atom is 0.329 e. The van der Waals surface area contributed by atoms with Gasteiger partial charge in [-0.2, -0.15) is 0 Å². The summed E-state index contributed by atoms with van der Waals surface area (Å²) in [7, 11) is 0. The first-order valence-electron chi connectivity index (χ1n) is 7.05. The smallest absolute Gasteiger partial charge is 0.329 e. The van der Waals surface area contributed by atoms with Crippen molar-refractivity contribution in [3.8, 4) is 0 Å². The van der Waals surface area contributed by atoms with Gasteiger partial charge < -0.3 is 20.6 Å². The van der Waals surface area contributed by atoms with Gasteiger partial charge >= 0.3 is 12.0 Å². The molecule has 2 unspecified atom stereocenters. The highest BCUT2D eigenvalue weighted by atomic mass is 16.4. The van der Waals surface area contributed by atoms with Gasteiger partial charge in [-0.25, -0.2) is 9.59 Å². The highest BCUT2D eigenvalue weighted by Crippen LogP contribution is 2.34. The largest absolute Gasteiger partial charge is 0.479 e. The highest BCUT2D eigenvalue weighted by Gasteiger charge is 2.50. The standard InChI is InChI=1S/C13H23N3O3/c1-2-13(11(17)18)5-3-6-16(13)12(19)15-7-4-10(8-14)9-15/h10H,2-9,14H2,1H3,(H,17,18). The van der Waals surface area contributed by atoms with Crippen molar-refractivity contribution in [3.63, 3.8) is 0 Å². The van der Waals surface area contributed by atoms with E-state index in [0.29, 0.717) is 44.9 Å². The molecule has 0 bridgehead atoms. The molecule has 0 spiro atoms. The van der Waals surface area contributed by atoms with Gasteiger partial charge in [-0.05, 0) is 38.1 Å². The monoisotopic (exact) mass is 269 g/mol. The zero-order valence-electron chi connectivity index (χ0n) is 11.5. The number of aliphatic carboxylic acids is 1. The van der Waals surface area contributed by atoms with Crippen molar-refractivity contribution in [1.29, 1.82) is 0 Å². The third-order valence-electron chi connectivity index (χ3n) is 4.59. The summed E-state index contributed by atoms with van der Waals surface area (Å²) in [6.45, 7) is 4.32. The normalized spacial score (nSPS) is 30.9. The number of hydrogen-bond acceptors (Lipinski definition) is 3. The van der Waals surface area contributed by atoms with Crippen molar-refractivity contribution in [2.45, 2.75) is 38.1 Å². The topological polar surface area (TPSA) is 86.9 Å². The summed E-state index contributed by atoms with van der Waals surface area (Å²) in [5.74, 6) is -0.525. The number of carboxylic acids is 1. The number of carbonyl (C=O) groups excluding carboxylic acids is 1. The second-order valence-electron chi connectivity index (χ2n) is 5.56. The number of nitrogens with zero attached hydrogens (tertiary/aromatic N) is 2. The summed E-state index contributed by atoms with van der Waals surface area (Å²) in [6.07, 6.45) is 2.70. The predicted molar refractivity (Wildman–Crippen MR) is 70.7 cm³/mol. The summed E-state index contributed by atoms with van der Waals surface area (Å²) in [6, 6.07) is -0.127. The molecule has 6 nitrogen and oxygen atoms in total. The number of carbonyl (C=O) groups is 2. The summed E-state index contributed by atoms with van der Waals surface area (Å²) < 4.78 is 0. The molecule has 2 amide bonds. The maximum atomic E-state index is 12.5. The molecule has 0 aliphatic carbocycles. The summed E-state index contributed by atoms with van der Waals surface area (Å²) in [5, 5.41) is 9.49.